The molecule has 11 heteroatoms. The molecule has 5 aromatic heterocycles. The molecule has 1 aliphatic heterocycles. The van der Waals surface area contributed by atoms with Gasteiger partial charge < -0.3 is 20.4 Å². The Morgan fingerprint density at radius 1 is 1.03 bits per heavy atom. The van der Waals surface area contributed by atoms with Crippen LogP contribution in [0.3, 0.4) is 0 Å². The molecule has 0 amide bonds. The Balaban J connectivity index is 1.18. The molecule has 5 aromatic rings. The van der Waals surface area contributed by atoms with E-state index in [1.54, 1.807) is 12.1 Å². The van der Waals surface area contributed by atoms with Gasteiger partial charge in [0.2, 0.25) is 11.8 Å². The second kappa shape index (κ2) is 10.8. The maximum atomic E-state index is 15.0. The summed E-state index contributed by atoms with van der Waals surface area (Å²) in [6, 6.07) is 7.19. The maximum absolute atomic E-state index is 15.0. The standard InChI is InChI=1S/C28H28F2N8O/c1-39-28-20(9-22(29)15-35-28)13-32-25-3-2-17(26(30)37-25)8-19-12-34-27-24(19)10-18(11-33-27)21-14-36-38(16-21)23-4-6-31-7-5-23/h2-3,9-12,14-16,23,31H,4-8,13H2,1H3,(H,32,37)(H,33,34). The number of ether oxygens (including phenoxy) is 1. The van der Waals surface area contributed by atoms with Crippen LogP contribution in [0, 0.1) is 11.8 Å². The monoisotopic (exact) mass is 530 g/mol. The van der Waals surface area contributed by atoms with Gasteiger partial charge in [0.25, 0.3) is 0 Å². The molecule has 6 heterocycles. The number of hydrogen-bond donors (Lipinski definition) is 3. The molecule has 1 aliphatic rings. The van der Waals surface area contributed by atoms with Crippen LogP contribution in [0.2, 0.25) is 0 Å². The Kier molecular flexibility index (Phi) is 6.89. The lowest BCUT2D eigenvalue weighted by Gasteiger charge is -2.22. The number of halogens is 2. The Morgan fingerprint density at radius 2 is 1.90 bits per heavy atom. The van der Waals surface area contributed by atoms with Gasteiger partial charge in [-0.1, -0.05) is 6.07 Å². The van der Waals surface area contributed by atoms with Gasteiger partial charge in [0.1, 0.15) is 17.3 Å². The highest BCUT2D eigenvalue weighted by atomic mass is 19.1. The van der Waals surface area contributed by atoms with Crippen molar-refractivity contribution in [1.29, 1.82) is 0 Å². The lowest BCUT2D eigenvalue weighted by atomic mass is 10.0. The number of piperidine rings is 1. The van der Waals surface area contributed by atoms with Gasteiger partial charge in [-0.05, 0) is 49.7 Å². The predicted molar refractivity (Wildman–Crippen MR) is 144 cm³/mol. The smallest absolute Gasteiger partial charge is 0.218 e. The Bertz CT molecular complexity index is 1610. The average Bonchev–Trinajstić information content (AvgIpc) is 3.61. The van der Waals surface area contributed by atoms with E-state index >= 15 is 4.39 Å². The lowest BCUT2D eigenvalue weighted by molar-refractivity contribution is 0.343. The van der Waals surface area contributed by atoms with E-state index in [1.165, 1.54) is 13.2 Å². The van der Waals surface area contributed by atoms with Crippen molar-refractivity contribution >= 4 is 16.9 Å². The first-order chi connectivity index (χ1) is 19.1. The number of nitrogens with zero attached hydrogens (tertiary/aromatic N) is 5. The Hall–Kier alpha value is -4.38. The first kappa shape index (κ1) is 24.9. The summed E-state index contributed by atoms with van der Waals surface area (Å²) in [4.78, 5) is 15.7. The van der Waals surface area contributed by atoms with Gasteiger partial charge in [0, 0.05) is 59.2 Å². The van der Waals surface area contributed by atoms with E-state index in [1.807, 2.05) is 18.6 Å². The van der Waals surface area contributed by atoms with Crippen molar-refractivity contribution in [2.24, 2.45) is 0 Å². The van der Waals surface area contributed by atoms with Gasteiger partial charge in [-0.2, -0.15) is 9.49 Å². The van der Waals surface area contributed by atoms with Crippen molar-refractivity contribution in [3.05, 3.63) is 83.7 Å². The molecule has 0 aliphatic carbocycles. The number of hydrogen-bond acceptors (Lipinski definition) is 7. The summed E-state index contributed by atoms with van der Waals surface area (Å²) in [5.74, 6) is -0.428. The van der Waals surface area contributed by atoms with Crippen molar-refractivity contribution in [2.45, 2.75) is 31.8 Å². The van der Waals surface area contributed by atoms with Crippen LogP contribution in [0.4, 0.5) is 14.6 Å². The van der Waals surface area contributed by atoms with Crippen LogP contribution in [-0.2, 0) is 13.0 Å². The normalized spacial score (nSPS) is 14.1. The minimum absolute atomic E-state index is 0.185. The Labute approximate surface area is 223 Å². The van der Waals surface area contributed by atoms with E-state index in [9.17, 15) is 4.39 Å². The lowest BCUT2D eigenvalue weighted by Crippen LogP contribution is -2.29. The average molecular weight is 531 g/mol. The van der Waals surface area contributed by atoms with Crippen molar-refractivity contribution in [3.63, 3.8) is 0 Å². The molecule has 1 fully saturated rings. The SMILES string of the molecule is COc1ncc(F)cc1CNc1ccc(Cc2c[nH]c3ncc(-c4cnn(C5CCNCC5)c4)cc23)c(F)n1. The summed E-state index contributed by atoms with van der Waals surface area (Å²) in [5, 5.41) is 11.9. The molecule has 0 radical (unpaired) electrons. The fourth-order valence-corrected chi connectivity index (χ4v) is 4.98. The van der Waals surface area contributed by atoms with Gasteiger partial charge >= 0.3 is 0 Å². The summed E-state index contributed by atoms with van der Waals surface area (Å²) < 4.78 is 35.8. The summed E-state index contributed by atoms with van der Waals surface area (Å²) in [6.07, 6.45) is 11.2. The minimum atomic E-state index is -0.578. The van der Waals surface area contributed by atoms with Gasteiger partial charge in [-0.15, -0.1) is 0 Å². The number of rotatable bonds is 8. The largest absolute Gasteiger partial charge is 0.481 e. The summed E-state index contributed by atoms with van der Waals surface area (Å²) in [6.45, 7) is 2.19. The number of aromatic nitrogens is 6. The molecular formula is C28H28F2N8O. The fraction of sp³-hybridized carbons (Fsp3) is 0.286. The third-order valence-electron chi connectivity index (χ3n) is 7.09. The van der Waals surface area contributed by atoms with Crippen LogP contribution in [0.15, 0.2) is 55.2 Å². The van der Waals surface area contributed by atoms with Crippen LogP contribution < -0.4 is 15.4 Å². The van der Waals surface area contributed by atoms with Gasteiger partial charge in [-0.3, -0.25) is 4.68 Å². The van der Waals surface area contributed by atoms with E-state index in [-0.39, 0.29) is 6.54 Å². The minimum Gasteiger partial charge on any atom is -0.481 e. The second-order valence-corrected chi connectivity index (χ2v) is 9.62. The third kappa shape index (κ3) is 5.30. The zero-order valence-corrected chi connectivity index (χ0v) is 21.4. The van der Waals surface area contributed by atoms with Crippen LogP contribution >= 0.6 is 0 Å². The number of H-pyrrole nitrogens is 1. The summed E-state index contributed by atoms with van der Waals surface area (Å²) in [5.41, 5.74) is 4.58. The van der Waals surface area contributed by atoms with Crippen LogP contribution in [0.1, 0.15) is 35.6 Å². The molecule has 0 saturated carbocycles. The predicted octanol–water partition coefficient (Wildman–Crippen LogP) is 4.63. The molecule has 3 N–H and O–H groups in total. The Morgan fingerprint density at radius 3 is 2.72 bits per heavy atom. The summed E-state index contributed by atoms with van der Waals surface area (Å²) in [7, 11) is 1.46. The molecule has 0 aromatic carbocycles. The van der Waals surface area contributed by atoms with Crippen LogP contribution in [0.25, 0.3) is 22.2 Å². The highest BCUT2D eigenvalue weighted by Crippen LogP contribution is 2.28. The van der Waals surface area contributed by atoms with E-state index in [2.05, 4.69) is 52.6 Å². The van der Waals surface area contributed by atoms with Crippen molar-refractivity contribution in [3.8, 4) is 17.0 Å². The quantitative estimate of drug-likeness (QED) is 0.251. The van der Waals surface area contributed by atoms with E-state index in [4.69, 9.17) is 4.74 Å². The molecule has 0 bridgehead atoms. The maximum Gasteiger partial charge on any atom is 0.218 e. The van der Waals surface area contributed by atoms with Gasteiger partial charge in [0.15, 0.2) is 0 Å². The van der Waals surface area contributed by atoms with Gasteiger partial charge in [0.05, 0.1) is 25.5 Å². The number of fused-ring (bicyclic) bond motifs is 1. The first-order valence-electron chi connectivity index (χ1n) is 12.9. The summed E-state index contributed by atoms with van der Waals surface area (Å²) >= 11 is 0. The topological polar surface area (TPSA) is 106 Å². The third-order valence-corrected chi connectivity index (χ3v) is 7.09. The molecule has 0 atom stereocenters. The van der Waals surface area contributed by atoms with E-state index < -0.39 is 11.8 Å². The van der Waals surface area contributed by atoms with Crippen LogP contribution in [0.5, 0.6) is 5.88 Å². The molecule has 1 saturated heterocycles. The van der Waals surface area contributed by atoms with Crippen molar-refractivity contribution < 1.29 is 13.5 Å². The highest BCUT2D eigenvalue weighted by molar-refractivity contribution is 5.84. The molecular weight excluding hydrogens is 502 g/mol. The molecule has 6 rings (SSSR count). The van der Waals surface area contributed by atoms with E-state index in [0.717, 1.165) is 59.9 Å². The zero-order valence-electron chi connectivity index (χ0n) is 21.4. The molecule has 200 valence electrons. The number of aromatic amines is 1. The number of methoxy groups -OCH3 is 1. The number of nitrogens with one attached hydrogen (secondary N) is 3. The molecule has 0 unspecified atom stereocenters. The zero-order chi connectivity index (χ0) is 26.8. The van der Waals surface area contributed by atoms with E-state index in [0.29, 0.717) is 35.3 Å². The van der Waals surface area contributed by atoms with Crippen molar-refractivity contribution in [1.82, 2.24) is 35.0 Å². The van der Waals surface area contributed by atoms with Gasteiger partial charge in [-0.25, -0.2) is 19.3 Å². The fourth-order valence-electron chi connectivity index (χ4n) is 4.98. The molecule has 39 heavy (non-hydrogen) atoms. The molecule has 0 spiro atoms. The number of anilines is 1. The highest BCUT2D eigenvalue weighted by Gasteiger charge is 2.17. The first-order valence-corrected chi connectivity index (χ1v) is 12.9. The molecule has 9 nitrogen and oxygen atoms in total. The second-order valence-electron chi connectivity index (χ2n) is 9.62. The van der Waals surface area contributed by atoms with Crippen LogP contribution in [-0.4, -0.2) is 49.9 Å². The van der Waals surface area contributed by atoms with Crippen molar-refractivity contribution in [2.75, 3.05) is 25.5 Å². The number of pyridine rings is 3.